The minimum atomic E-state index is -4.96. The number of aliphatic hydroxyl groups is 1. The zero-order valence-electron chi connectivity index (χ0n) is 63.2. The van der Waals surface area contributed by atoms with Crippen molar-refractivity contribution >= 4 is 39.5 Å². The summed E-state index contributed by atoms with van der Waals surface area (Å²) in [6.45, 7) is 7.32. The van der Waals surface area contributed by atoms with E-state index in [1.165, 1.54) is 231 Å². The smallest absolute Gasteiger partial charge is 0.462 e. The Morgan fingerprint density at radius 2 is 0.474 bits per heavy atom. The first-order valence-electron chi connectivity index (χ1n) is 40.6. The highest BCUT2D eigenvalue weighted by Crippen LogP contribution is 2.45. The molecule has 0 aliphatic carbocycles. The maximum atomic E-state index is 13.1. The molecule has 0 saturated carbocycles. The Hall–Kier alpha value is -1.94. The predicted octanol–water partition coefficient (Wildman–Crippen LogP) is 23.3. The van der Waals surface area contributed by atoms with E-state index in [9.17, 15) is 43.2 Å². The average molecular weight is 1420 g/mol. The van der Waals surface area contributed by atoms with Crippen molar-refractivity contribution in [3.05, 3.63) is 0 Å². The molecular formula is C78H152O17P2. The van der Waals surface area contributed by atoms with Gasteiger partial charge in [0.15, 0.2) is 12.2 Å². The van der Waals surface area contributed by atoms with E-state index in [-0.39, 0.29) is 25.7 Å². The van der Waals surface area contributed by atoms with Crippen LogP contribution in [0.2, 0.25) is 0 Å². The van der Waals surface area contributed by atoms with E-state index in [2.05, 4.69) is 34.6 Å². The Bertz CT molecular complexity index is 1860. The van der Waals surface area contributed by atoms with Crippen molar-refractivity contribution in [2.75, 3.05) is 39.6 Å². The number of phosphoric ester groups is 2. The Balaban J connectivity index is 5.18. The molecule has 0 aliphatic heterocycles. The molecule has 0 radical (unpaired) electrons. The van der Waals surface area contributed by atoms with Crippen molar-refractivity contribution in [2.24, 2.45) is 5.92 Å². The van der Waals surface area contributed by atoms with Gasteiger partial charge in [0.05, 0.1) is 26.4 Å². The van der Waals surface area contributed by atoms with Gasteiger partial charge < -0.3 is 33.8 Å². The fourth-order valence-corrected chi connectivity index (χ4v) is 13.6. The van der Waals surface area contributed by atoms with Gasteiger partial charge in [0.1, 0.15) is 19.3 Å². The summed E-state index contributed by atoms with van der Waals surface area (Å²) in [7, 11) is -9.91. The molecule has 0 fully saturated rings. The van der Waals surface area contributed by atoms with Crippen molar-refractivity contribution in [1.82, 2.24) is 0 Å². The van der Waals surface area contributed by atoms with Crippen molar-refractivity contribution < 1.29 is 80.2 Å². The SMILES string of the molecule is CCCCCCCCCCCCCCCCC(=O)OC[C@H](COP(=O)(O)OC[C@@H](O)COP(=O)(O)OC[C@@H](COC(=O)CCCCCCCCCC)OC(=O)CCCCCCCCCCCCCCCC)OC(=O)CCCCCCCCCCCCCCCCCCCCC(C)C. The molecule has 0 aromatic heterocycles. The van der Waals surface area contributed by atoms with Crippen LogP contribution in [-0.2, 0) is 65.4 Å². The largest absolute Gasteiger partial charge is 0.472 e. The predicted molar refractivity (Wildman–Crippen MR) is 395 cm³/mol. The van der Waals surface area contributed by atoms with Gasteiger partial charge in [0.25, 0.3) is 0 Å². The molecule has 19 heteroatoms. The number of aliphatic hydroxyl groups excluding tert-OH is 1. The van der Waals surface area contributed by atoms with Crippen LogP contribution in [0.4, 0.5) is 0 Å². The molecule has 0 aromatic rings. The standard InChI is InChI=1S/C78H152O17P2/c1-6-9-12-15-18-21-23-25-34-38-42-47-52-57-62-76(81)89-68-74(95-78(83)64-59-54-49-44-40-36-32-30-28-27-29-31-33-37-41-45-50-55-60-71(4)5)70-93-97(86,87)91-66-72(79)65-90-96(84,85)92-69-73(67-88-75(80)61-56-51-46-20-17-14-11-8-3)94-77(82)63-58-53-48-43-39-35-26-24-22-19-16-13-10-7-2/h71-74,79H,6-70H2,1-5H3,(H,84,85)(H,86,87)/t72-,73+,74+/m0/s1. The van der Waals surface area contributed by atoms with E-state index < -0.39 is 97.5 Å². The second kappa shape index (κ2) is 71.1. The number of esters is 4. The summed E-state index contributed by atoms with van der Waals surface area (Å²) in [6.07, 6.45) is 61.1. The topological polar surface area (TPSA) is 237 Å². The summed E-state index contributed by atoms with van der Waals surface area (Å²) in [4.78, 5) is 72.8. The molecule has 17 nitrogen and oxygen atoms in total. The monoisotopic (exact) mass is 1420 g/mol. The number of carbonyl (C=O) groups excluding carboxylic acids is 4. The lowest BCUT2D eigenvalue weighted by Gasteiger charge is -2.21. The Labute approximate surface area is 594 Å². The quantitative estimate of drug-likeness (QED) is 0.0222. The molecule has 0 saturated heterocycles. The summed E-state index contributed by atoms with van der Waals surface area (Å²) < 4.78 is 68.5. The van der Waals surface area contributed by atoms with Crippen LogP contribution in [0, 0.1) is 5.92 Å². The van der Waals surface area contributed by atoms with Gasteiger partial charge in [-0.1, -0.05) is 362 Å². The van der Waals surface area contributed by atoms with Gasteiger partial charge in [-0.25, -0.2) is 9.13 Å². The fraction of sp³-hybridized carbons (Fsp3) is 0.949. The maximum absolute atomic E-state index is 13.1. The summed E-state index contributed by atoms with van der Waals surface area (Å²) in [5, 5.41) is 10.6. The fourth-order valence-electron chi connectivity index (χ4n) is 12.1. The molecule has 0 spiro atoms. The first-order valence-corrected chi connectivity index (χ1v) is 43.6. The van der Waals surface area contributed by atoms with E-state index in [4.69, 9.17) is 37.0 Å². The van der Waals surface area contributed by atoms with Gasteiger partial charge in [-0.2, -0.15) is 0 Å². The lowest BCUT2D eigenvalue weighted by Crippen LogP contribution is -2.30. The second-order valence-electron chi connectivity index (χ2n) is 28.6. The highest BCUT2D eigenvalue weighted by molar-refractivity contribution is 7.47. The average Bonchev–Trinajstić information content (AvgIpc) is 1.27. The molecule has 3 N–H and O–H groups in total. The number of rotatable bonds is 78. The van der Waals surface area contributed by atoms with Crippen LogP contribution in [-0.4, -0.2) is 96.7 Å². The molecule has 0 rings (SSSR count). The van der Waals surface area contributed by atoms with Crippen LogP contribution in [0.15, 0.2) is 0 Å². The van der Waals surface area contributed by atoms with Gasteiger partial charge >= 0.3 is 39.5 Å². The van der Waals surface area contributed by atoms with Crippen molar-refractivity contribution in [3.63, 3.8) is 0 Å². The Kier molecular flexibility index (Phi) is 69.6. The van der Waals surface area contributed by atoms with Gasteiger partial charge in [-0.3, -0.25) is 37.3 Å². The van der Waals surface area contributed by atoms with Gasteiger partial charge in [-0.05, 0) is 31.6 Å². The number of hydrogen-bond acceptors (Lipinski definition) is 15. The Morgan fingerprint density at radius 1 is 0.278 bits per heavy atom. The van der Waals surface area contributed by atoms with Gasteiger partial charge in [0.2, 0.25) is 0 Å². The molecule has 0 aliphatic rings. The van der Waals surface area contributed by atoms with Crippen LogP contribution in [0.1, 0.15) is 413 Å². The number of carbonyl (C=O) groups is 4. The van der Waals surface area contributed by atoms with E-state index in [0.29, 0.717) is 25.7 Å². The highest BCUT2D eigenvalue weighted by Gasteiger charge is 2.30. The zero-order chi connectivity index (χ0) is 71.2. The van der Waals surface area contributed by atoms with E-state index in [1.54, 1.807) is 0 Å². The number of phosphoric acid groups is 2. The van der Waals surface area contributed by atoms with Crippen LogP contribution < -0.4 is 0 Å². The van der Waals surface area contributed by atoms with Gasteiger partial charge in [-0.15, -0.1) is 0 Å². The molecule has 0 amide bonds. The zero-order valence-corrected chi connectivity index (χ0v) is 65.0. The molecular weight excluding hydrogens is 1270 g/mol. The van der Waals surface area contributed by atoms with Crippen LogP contribution in [0.3, 0.4) is 0 Å². The maximum Gasteiger partial charge on any atom is 0.472 e. The minimum Gasteiger partial charge on any atom is -0.462 e. The van der Waals surface area contributed by atoms with E-state index in [1.807, 2.05) is 0 Å². The van der Waals surface area contributed by atoms with Crippen molar-refractivity contribution in [1.29, 1.82) is 0 Å². The first-order chi connectivity index (χ1) is 47.0. The number of ether oxygens (including phenoxy) is 4. The first kappa shape index (κ1) is 95.1. The van der Waals surface area contributed by atoms with Crippen molar-refractivity contribution in [3.8, 4) is 0 Å². The van der Waals surface area contributed by atoms with Crippen LogP contribution >= 0.6 is 15.6 Å². The second-order valence-corrected chi connectivity index (χ2v) is 31.5. The molecule has 2 unspecified atom stereocenters. The Morgan fingerprint density at radius 3 is 0.701 bits per heavy atom. The summed E-state index contributed by atoms with van der Waals surface area (Å²) in [5.74, 6) is -1.29. The number of unbranched alkanes of at least 4 members (excludes halogenated alkanes) is 50. The lowest BCUT2D eigenvalue weighted by molar-refractivity contribution is -0.161. The third kappa shape index (κ3) is 72.2. The third-order valence-corrected chi connectivity index (χ3v) is 20.2. The molecule has 0 aromatic carbocycles. The minimum absolute atomic E-state index is 0.108. The summed E-state index contributed by atoms with van der Waals surface area (Å²) >= 11 is 0. The molecule has 576 valence electrons. The molecule has 97 heavy (non-hydrogen) atoms. The number of hydrogen-bond donors (Lipinski definition) is 3. The molecule has 5 atom stereocenters. The van der Waals surface area contributed by atoms with E-state index in [0.717, 1.165) is 102 Å². The molecule has 0 heterocycles. The van der Waals surface area contributed by atoms with E-state index >= 15 is 0 Å². The molecule has 0 bridgehead atoms. The third-order valence-electron chi connectivity index (χ3n) is 18.3. The van der Waals surface area contributed by atoms with Gasteiger partial charge in [0, 0.05) is 25.7 Å². The summed E-state index contributed by atoms with van der Waals surface area (Å²) in [6, 6.07) is 0. The normalized spacial score (nSPS) is 13.9. The lowest BCUT2D eigenvalue weighted by atomic mass is 10.0. The summed E-state index contributed by atoms with van der Waals surface area (Å²) in [5.41, 5.74) is 0. The van der Waals surface area contributed by atoms with Crippen molar-refractivity contribution in [2.45, 2.75) is 432 Å². The highest BCUT2D eigenvalue weighted by atomic mass is 31.2. The van der Waals surface area contributed by atoms with Crippen LogP contribution in [0.25, 0.3) is 0 Å². The van der Waals surface area contributed by atoms with Crippen LogP contribution in [0.5, 0.6) is 0 Å².